The van der Waals surface area contributed by atoms with Crippen molar-refractivity contribution in [2.45, 2.75) is 66.2 Å². The highest BCUT2D eigenvalue weighted by Crippen LogP contribution is 2.06. The lowest BCUT2D eigenvalue weighted by atomic mass is 10.0. The number of carbonyl (C=O) groups is 2. The van der Waals surface area contributed by atoms with Gasteiger partial charge in [0.1, 0.15) is 5.78 Å². The Morgan fingerprint density at radius 3 is 2.00 bits per heavy atom. The molecule has 0 unspecified atom stereocenters. The number of Topliss-reactive ketones (excluding diaryl/α,β-unsaturated/α-hetero) is 1. The van der Waals surface area contributed by atoms with Crippen LogP contribution in [0.25, 0.3) is 0 Å². The minimum atomic E-state index is 0.0886. The molecule has 0 aromatic rings. The molecule has 0 fully saturated rings. The van der Waals surface area contributed by atoms with Gasteiger partial charge in [-0.25, -0.2) is 0 Å². The van der Waals surface area contributed by atoms with Gasteiger partial charge in [0.15, 0.2) is 0 Å². The van der Waals surface area contributed by atoms with Crippen molar-refractivity contribution in [2.24, 2.45) is 11.8 Å². The van der Waals surface area contributed by atoms with Crippen molar-refractivity contribution in [1.82, 2.24) is 5.32 Å². The van der Waals surface area contributed by atoms with Gasteiger partial charge in [0.05, 0.1) is 19.8 Å². The van der Waals surface area contributed by atoms with Crippen LogP contribution in [-0.2, 0) is 19.1 Å². The van der Waals surface area contributed by atoms with E-state index in [0.717, 1.165) is 19.3 Å². The molecular weight excluding hydrogens is 306 g/mol. The second kappa shape index (κ2) is 15.6. The SMILES string of the molecule is CC(C)CCC(=O)CCCOCCOCCNC(=O)CCC(C)C. The molecular formula is C19H37NO4. The van der Waals surface area contributed by atoms with Crippen LogP contribution < -0.4 is 5.32 Å². The Labute approximate surface area is 147 Å². The van der Waals surface area contributed by atoms with Crippen molar-refractivity contribution in [1.29, 1.82) is 0 Å². The van der Waals surface area contributed by atoms with Crippen molar-refractivity contribution in [2.75, 3.05) is 33.0 Å². The first-order valence-electron chi connectivity index (χ1n) is 9.35. The number of carbonyl (C=O) groups excluding carboxylic acids is 2. The van der Waals surface area contributed by atoms with Gasteiger partial charge < -0.3 is 14.8 Å². The molecule has 5 heteroatoms. The molecule has 0 saturated carbocycles. The molecule has 0 rings (SSSR count). The van der Waals surface area contributed by atoms with E-state index in [-0.39, 0.29) is 5.91 Å². The van der Waals surface area contributed by atoms with E-state index < -0.39 is 0 Å². The summed E-state index contributed by atoms with van der Waals surface area (Å²) in [5.74, 6) is 1.56. The van der Waals surface area contributed by atoms with E-state index in [1.807, 2.05) is 0 Å². The average molecular weight is 344 g/mol. The molecule has 0 aromatic carbocycles. The van der Waals surface area contributed by atoms with Gasteiger partial charge in [-0.3, -0.25) is 9.59 Å². The van der Waals surface area contributed by atoms with Gasteiger partial charge in [0.2, 0.25) is 5.91 Å². The number of nitrogens with one attached hydrogen (secondary N) is 1. The first-order chi connectivity index (χ1) is 11.4. The quantitative estimate of drug-likeness (QED) is 0.437. The van der Waals surface area contributed by atoms with E-state index in [9.17, 15) is 9.59 Å². The van der Waals surface area contributed by atoms with Crippen molar-refractivity contribution >= 4 is 11.7 Å². The molecule has 0 spiro atoms. The largest absolute Gasteiger partial charge is 0.379 e. The molecule has 0 saturated heterocycles. The van der Waals surface area contributed by atoms with Gasteiger partial charge in [0.25, 0.3) is 0 Å². The summed E-state index contributed by atoms with van der Waals surface area (Å²) in [6.07, 6.45) is 4.54. The van der Waals surface area contributed by atoms with Gasteiger partial charge in [-0.1, -0.05) is 27.7 Å². The monoisotopic (exact) mass is 343 g/mol. The highest BCUT2D eigenvalue weighted by atomic mass is 16.5. The lowest BCUT2D eigenvalue weighted by Gasteiger charge is -2.08. The predicted molar refractivity (Wildman–Crippen MR) is 97.0 cm³/mol. The highest BCUT2D eigenvalue weighted by Gasteiger charge is 2.04. The minimum Gasteiger partial charge on any atom is -0.379 e. The van der Waals surface area contributed by atoms with Crippen LogP contribution in [-0.4, -0.2) is 44.7 Å². The summed E-state index contributed by atoms with van der Waals surface area (Å²) in [7, 11) is 0. The summed E-state index contributed by atoms with van der Waals surface area (Å²) in [6.45, 7) is 11.2. The maximum atomic E-state index is 11.6. The van der Waals surface area contributed by atoms with E-state index >= 15 is 0 Å². The predicted octanol–water partition coefficient (Wildman–Crippen LogP) is 3.36. The van der Waals surface area contributed by atoms with Gasteiger partial charge in [-0.05, 0) is 31.1 Å². The third-order valence-corrected chi connectivity index (χ3v) is 3.63. The fraction of sp³-hybridized carbons (Fsp3) is 0.895. The van der Waals surface area contributed by atoms with Gasteiger partial charge in [0, 0.05) is 32.4 Å². The second-order valence-electron chi connectivity index (χ2n) is 7.08. The maximum absolute atomic E-state index is 11.6. The van der Waals surface area contributed by atoms with Crippen LogP contribution in [0.2, 0.25) is 0 Å². The van der Waals surface area contributed by atoms with E-state index in [1.54, 1.807) is 0 Å². The number of ketones is 1. The summed E-state index contributed by atoms with van der Waals surface area (Å²) in [5, 5.41) is 2.84. The van der Waals surface area contributed by atoms with E-state index in [0.29, 0.717) is 69.9 Å². The summed E-state index contributed by atoms with van der Waals surface area (Å²) in [4.78, 5) is 23.1. The van der Waals surface area contributed by atoms with Gasteiger partial charge in [-0.2, -0.15) is 0 Å². The van der Waals surface area contributed by atoms with Crippen molar-refractivity contribution in [3.05, 3.63) is 0 Å². The van der Waals surface area contributed by atoms with Crippen LogP contribution in [0.1, 0.15) is 66.2 Å². The molecule has 1 N–H and O–H groups in total. The maximum Gasteiger partial charge on any atom is 0.220 e. The van der Waals surface area contributed by atoms with Crippen LogP contribution in [0.3, 0.4) is 0 Å². The third kappa shape index (κ3) is 17.4. The Balaban J connectivity index is 3.25. The average Bonchev–Trinajstić information content (AvgIpc) is 2.52. The Bertz CT molecular complexity index is 297. The Hall–Kier alpha value is -0.940. The second-order valence-corrected chi connectivity index (χ2v) is 7.08. The zero-order chi connectivity index (χ0) is 18.2. The van der Waals surface area contributed by atoms with Crippen LogP contribution in [0.4, 0.5) is 0 Å². The third-order valence-electron chi connectivity index (χ3n) is 3.63. The molecule has 1 amide bonds. The van der Waals surface area contributed by atoms with Crippen molar-refractivity contribution < 1.29 is 19.1 Å². The highest BCUT2D eigenvalue weighted by molar-refractivity contribution is 5.78. The Morgan fingerprint density at radius 2 is 1.38 bits per heavy atom. The molecule has 0 atom stereocenters. The van der Waals surface area contributed by atoms with Crippen molar-refractivity contribution in [3.63, 3.8) is 0 Å². The Kier molecular flexibility index (Phi) is 15.0. The molecule has 5 nitrogen and oxygen atoms in total. The number of rotatable bonds is 16. The zero-order valence-electron chi connectivity index (χ0n) is 16.1. The molecule has 0 aliphatic carbocycles. The fourth-order valence-corrected chi connectivity index (χ4v) is 2.04. The molecule has 0 aliphatic rings. The minimum absolute atomic E-state index is 0.0886. The molecule has 142 valence electrons. The van der Waals surface area contributed by atoms with Crippen LogP contribution in [0, 0.1) is 11.8 Å². The lowest BCUT2D eigenvalue weighted by molar-refractivity contribution is -0.122. The Morgan fingerprint density at radius 1 is 0.792 bits per heavy atom. The molecule has 0 heterocycles. The molecule has 24 heavy (non-hydrogen) atoms. The van der Waals surface area contributed by atoms with Crippen LogP contribution in [0.15, 0.2) is 0 Å². The first kappa shape index (κ1) is 23.1. The van der Waals surface area contributed by atoms with E-state index in [1.165, 1.54) is 0 Å². The molecule has 0 aliphatic heterocycles. The van der Waals surface area contributed by atoms with E-state index in [2.05, 4.69) is 33.0 Å². The normalized spacial score (nSPS) is 11.2. The summed E-state index contributed by atoms with van der Waals surface area (Å²) in [5.41, 5.74) is 0. The molecule has 0 bridgehead atoms. The standard InChI is InChI=1S/C19H37NO4/c1-16(2)7-9-18(21)6-5-12-23-14-15-24-13-11-20-19(22)10-8-17(3)4/h16-17H,5-15H2,1-4H3,(H,20,22). The number of hydrogen-bond acceptors (Lipinski definition) is 4. The van der Waals surface area contributed by atoms with E-state index in [4.69, 9.17) is 9.47 Å². The first-order valence-corrected chi connectivity index (χ1v) is 9.35. The smallest absolute Gasteiger partial charge is 0.220 e. The van der Waals surface area contributed by atoms with Crippen molar-refractivity contribution in [3.8, 4) is 0 Å². The molecule has 0 radical (unpaired) electrons. The van der Waals surface area contributed by atoms with Gasteiger partial charge >= 0.3 is 0 Å². The number of hydrogen-bond donors (Lipinski definition) is 1. The van der Waals surface area contributed by atoms with Crippen LogP contribution >= 0.6 is 0 Å². The zero-order valence-corrected chi connectivity index (χ0v) is 16.1. The lowest BCUT2D eigenvalue weighted by Crippen LogP contribution is -2.27. The van der Waals surface area contributed by atoms with Crippen LogP contribution in [0.5, 0.6) is 0 Å². The summed E-state index contributed by atoms with van der Waals surface area (Å²) >= 11 is 0. The number of ether oxygens (including phenoxy) is 2. The van der Waals surface area contributed by atoms with Gasteiger partial charge in [-0.15, -0.1) is 0 Å². The summed E-state index contributed by atoms with van der Waals surface area (Å²) < 4.78 is 10.8. The topological polar surface area (TPSA) is 64.6 Å². The fourth-order valence-electron chi connectivity index (χ4n) is 2.04. The number of amides is 1. The molecule has 0 aromatic heterocycles. The summed E-state index contributed by atoms with van der Waals surface area (Å²) in [6, 6.07) is 0.